The molecule has 132 valence electrons. The van der Waals surface area contributed by atoms with E-state index in [-0.39, 0.29) is 17.3 Å². The second-order valence-corrected chi connectivity index (χ2v) is 7.35. The van der Waals surface area contributed by atoms with Gasteiger partial charge in [0.1, 0.15) is 5.75 Å². The van der Waals surface area contributed by atoms with Crippen LogP contribution < -0.4 is 10.1 Å². The summed E-state index contributed by atoms with van der Waals surface area (Å²) in [5.74, 6) is 0.656. The highest BCUT2D eigenvalue weighted by Gasteiger charge is 2.15. The average molecular weight is 333 g/mol. The van der Waals surface area contributed by atoms with E-state index in [2.05, 4.69) is 26.1 Å². The first kappa shape index (κ1) is 18.3. The number of hydrogen-bond donors (Lipinski definition) is 1. The maximum atomic E-state index is 11.6. The third kappa shape index (κ3) is 6.22. The molecule has 0 aromatic heterocycles. The molecule has 0 unspecified atom stereocenters. The Morgan fingerprint density at radius 1 is 1.21 bits per heavy atom. The van der Waals surface area contributed by atoms with Crippen LogP contribution in [0.5, 0.6) is 5.75 Å². The van der Waals surface area contributed by atoms with Crippen molar-refractivity contribution in [2.75, 3.05) is 18.5 Å². The van der Waals surface area contributed by atoms with Gasteiger partial charge in [0.05, 0.1) is 13.2 Å². The first-order chi connectivity index (χ1) is 11.3. The molecule has 5 nitrogen and oxygen atoms in total. The molecule has 1 heterocycles. The Hall–Kier alpha value is -2.04. The van der Waals surface area contributed by atoms with Crippen LogP contribution in [0.1, 0.15) is 52.0 Å². The van der Waals surface area contributed by atoms with Crippen LogP contribution in [0.3, 0.4) is 0 Å². The van der Waals surface area contributed by atoms with Crippen LogP contribution in [0.2, 0.25) is 0 Å². The molecule has 1 aromatic carbocycles. The molecule has 2 rings (SSSR count). The van der Waals surface area contributed by atoms with Crippen LogP contribution in [-0.2, 0) is 20.7 Å². The highest BCUT2D eigenvalue weighted by molar-refractivity contribution is 5.93. The summed E-state index contributed by atoms with van der Waals surface area (Å²) in [7, 11) is 0. The molecular weight excluding hydrogens is 306 g/mol. The molecule has 0 bridgehead atoms. The lowest BCUT2D eigenvalue weighted by atomic mass is 9.93. The molecule has 24 heavy (non-hydrogen) atoms. The number of benzene rings is 1. The predicted octanol–water partition coefficient (Wildman–Crippen LogP) is 3.71. The Balaban J connectivity index is 1.66. The Kier molecular flexibility index (Phi) is 6.23. The van der Waals surface area contributed by atoms with Crippen LogP contribution in [0, 0.1) is 5.41 Å². The van der Waals surface area contributed by atoms with Gasteiger partial charge >= 0.3 is 5.97 Å². The van der Waals surface area contributed by atoms with E-state index in [4.69, 9.17) is 9.47 Å². The van der Waals surface area contributed by atoms with E-state index in [0.29, 0.717) is 32.5 Å². The van der Waals surface area contributed by atoms with Crippen molar-refractivity contribution in [1.82, 2.24) is 0 Å². The van der Waals surface area contributed by atoms with E-state index in [0.717, 1.165) is 29.8 Å². The summed E-state index contributed by atoms with van der Waals surface area (Å²) >= 11 is 0. The Morgan fingerprint density at radius 3 is 2.75 bits per heavy atom. The molecule has 0 aliphatic carbocycles. The lowest BCUT2D eigenvalue weighted by Gasteiger charge is -2.18. The fourth-order valence-corrected chi connectivity index (χ4v) is 2.40. The Morgan fingerprint density at radius 2 is 2.00 bits per heavy atom. The van der Waals surface area contributed by atoms with Gasteiger partial charge in [-0.05, 0) is 48.4 Å². The minimum Gasteiger partial charge on any atom is -0.494 e. The molecule has 0 atom stereocenters. The monoisotopic (exact) mass is 333 g/mol. The van der Waals surface area contributed by atoms with Gasteiger partial charge < -0.3 is 14.8 Å². The average Bonchev–Trinajstić information content (AvgIpc) is 2.50. The molecule has 1 amide bonds. The van der Waals surface area contributed by atoms with E-state index in [1.807, 2.05) is 18.2 Å². The van der Waals surface area contributed by atoms with Gasteiger partial charge in [0.25, 0.3) is 0 Å². The first-order valence-electron chi connectivity index (χ1n) is 8.55. The van der Waals surface area contributed by atoms with Crippen LogP contribution in [-0.4, -0.2) is 25.1 Å². The third-order valence-corrected chi connectivity index (χ3v) is 3.88. The number of nitrogens with one attached hydrogen (secondary N) is 1. The summed E-state index contributed by atoms with van der Waals surface area (Å²) in [5.41, 5.74) is 2.13. The lowest BCUT2D eigenvalue weighted by Crippen LogP contribution is -2.18. The van der Waals surface area contributed by atoms with Crippen molar-refractivity contribution in [3.8, 4) is 5.75 Å². The zero-order chi connectivity index (χ0) is 17.6. The number of ether oxygens (including phenoxy) is 2. The summed E-state index contributed by atoms with van der Waals surface area (Å²) < 4.78 is 10.9. The highest BCUT2D eigenvalue weighted by Crippen LogP contribution is 2.26. The van der Waals surface area contributed by atoms with Crippen molar-refractivity contribution in [2.45, 2.75) is 52.9 Å². The number of fused-ring (bicyclic) bond motifs is 1. The van der Waals surface area contributed by atoms with Gasteiger partial charge in [-0.15, -0.1) is 0 Å². The van der Waals surface area contributed by atoms with Gasteiger partial charge in [-0.1, -0.05) is 20.8 Å². The molecule has 0 saturated heterocycles. The summed E-state index contributed by atoms with van der Waals surface area (Å²) in [4.78, 5) is 23.0. The maximum Gasteiger partial charge on any atom is 0.305 e. The molecule has 1 aromatic rings. The molecule has 1 aliphatic rings. The SMILES string of the molecule is CC(C)(C)CCOC(=O)CCCOc1ccc2c(c1)CCC(=O)N2. The van der Waals surface area contributed by atoms with Crippen molar-refractivity contribution in [1.29, 1.82) is 0 Å². The predicted molar refractivity (Wildman–Crippen MR) is 93.2 cm³/mol. The quantitative estimate of drug-likeness (QED) is 0.610. The molecule has 0 saturated carbocycles. The number of esters is 1. The highest BCUT2D eigenvalue weighted by atomic mass is 16.5. The van der Waals surface area contributed by atoms with Crippen LogP contribution in [0.25, 0.3) is 0 Å². The number of anilines is 1. The van der Waals surface area contributed by atoms with Gasteiger partial charge in [-0.25, -0.2) is 0 Å². The van der Waals surface area contributed by atoms with Crippen molar-refractivity contribution >= 4 is 17.6 Å². The van der Waals surface area contributed by atoms with E-state index in [9.17, 15) is 9.59 Å². The Bertz CT molecular complexity index is 590. The largest absolute Gasteiger partial charge is 0.494 e. The van der Waals surface area contributed by atoms with Crippen LogP contribution >= 0.6 is 0 Å². The molecule has 1 N–H and O–H groups in total. The van der Waals surface area contributed by atoms with Crippen molar-refractivity contribution in [3.05, 3.63) is 23.8 Å². The molecular formula is C19H27NO4. The fourth-order valence-electron chi connectivity index (χ4n) is 2.40. The van der Waals surface area contributed by atoms with Crippen LogP contribution in [0.15, 0.2) is 18.2 Å². The van der Waals surface area contributed by atoms with Gasteiger partial charge in [0, 0.05) is 18.5 Å². The molecule has 0 spiro atoms. The number of carbonyl (C=O) groups excluding carboxylic acids is 2. The van der Waals surface area contributed by atoms with Gasteiger partial charge in [-0.3, -0.25) is 9.59 Å². The lowest BCUT2D eigenvalue weighted by molar-refractivity contribution is -0.144. The zero-order valence-electron chi connectivity index (χ0n) is 14.8. The Labute approximate surface area is 143 Å². The summed E-state index contributed by atoms with van der Waals surface area (Å²) in [5, 5.41) is 2.84. The van der Waals surface area contributed by atoms with E-state index in [1.54, 1.807) is 0 Å². The van der Waals surface area contributed by atoms with Crippen molar-refractivity contribution < 1.29 is 19.1 Å². The molecule has 0 fully saturated rings. The van der Waals surface area contributed by atoms with Crippen molar-refractivity contribution in [3.63, 3.8) is 0 Å². The smallest absolute Gasteiger partial charge is 0.305 e. The number of rotatable bonds is 7. The molecule has 5 heteroatoms. The summed E-state index contributed by atoms with van der Waals surface area (Å²) in [6.07, 6.45) is 3.10. The van der Waals surface area contributed by atoms with E-state index >= 15 is 0 Å². The number of hydrogen-bond acceptors (Lipinski definition) is 4. The fraction of sp³-hybridized carbons (Fsp3) is 0.579. The second-order valence-electron chi connectivity index (χ2n) is 7.35. The zero-order valence-corrected chi connectivity index (χ0v) is 14.8. The number of carbonyl (C=O) groups is 2. The van der Waals surface area contributed by atoms with Crippen molar-refractivity contribution in [2.24, 2.45) is 5.41 Å². The van der Waals surface area contributed by atoms with Gasteiger partial charge in [0.2, 0.25) is 5.91 Å². The topological polar surface area (TPSA) is 64.6 Å². The molecule has 1 aliphatic heterocycles. The van der Waals surface area contributed by atoms with Gasteiger partial charge in [-0.2, -0.15) is 0 Å². The minimum atomic E-state index is -0.170. The van der Waals surface area contributed by atoms with E-state index in [1.165, 1.54) is 0 Å². The second kappa shape index (κ2) is 8.18. The standard InChI is InChI=1S/C19H27NO4/c1-19(2,3)10-12-24-18(22)5-4-11-23-15-7-8-16-14(13-15)6-9-17(21)20-16/h7-8,13H,4-6,9-12H2,1-3H3,(H,20,21). The summed E-state index contributed by atoms with van der Waals surface area (Å²) in [6.45, 7) is 7.31. The normalized spacial score (nSPS) is 13.9. The minimum absolute atomic E-state index is 0.0566. The number of aryl methyl sites for hydroxylation is 1. The first-order valence-corrected chi connectivity index (χ1v) is 8.55. The van der Waals surface area contributed by atoms with Gasteiger partial charge in [0.15, 0.2) is 0 Å². The summed E-state index contributed by atoms with van der Waals surface area (Å²) in [6, 6.07) is 5.66. The van der Waals surface area contributed by atoms with E-state index < -0.39 is 0 Å². The van der Waals surface area contributed by atoms with Crippen LogP contribution in [0.4, 0.5) is 5.69 Å². The molecule has 0 radical (unpaired) electrons. The number of amides is 1. The maximum absolute atomic E-state index is 11.6. The third-order valence-electron chi connectivity index (χ3n) is 3.88.